The summed E-state index contributed by atoms with van der Waals surface area (Å²) in [6.45, 7) is 31.1. The highest BCUT2D eigenvalue weighted by molar-refractivity contribution is 6.12. The van der Waals surface area contributed by atoms with E-state index in [2.05, 4.69) is 260 Å². The first-order valence-corrected chi connectivity index (χ1v) is 39.2. The highest BCUT2D eigenvalue weighted by Gasteiger charge is 2.29. The van der Waals surface area contributed by atoms with E-state index in [-0.39, 0.29) is 18.3 Å². The molecule has 0 spiro atoms. The third-order valence-electron chi connectivity index (χ3n) is 21.6. The fourth-order valence-corrected chi connectivity index (χ4v) is 14.9. The molecule has 0 radical (unpaired) electrons. The monoisotopic (exact) mass is 1500 g/mol. The number of hydrogen-bond donors (Lipinski definition) is 0. The van der Waals surface area contributed by atoms with E-state index in [1.165, 1.54) is 52.9 Å². The van der Waals surface area contributed by atoms with Crippen molar-refractivity contribution in [2.75, 3.05) is 0 Å². The number of aromatic nitrogens is 8. The summed E-state index contributed by atoms with van der Waals surface area (Å²) < 4.78 is 120. The van der Waals surface area contributed by atoms with E-state index >= 15 is 0 Å². The van der Waals surface area contributed by atoms with Crippen LogP contribution in [-0.4, -0.2) is 19.9 Å². The highest BCUT2D eigenvalue weighted by atomic mass is 16.4. The van der Waals surface area contributed by atoms with Gasteiger partial charge in [-0.2, -0.15) is 0 Å². The summed E-state index contributed by atoms with van der Waals surface area (Å²) in [5.74, 6) is -0.659. The molecule has 0 aliphatic carbocycles. The van der Waals surface area contributed by atoms with Gasteiger partial charge >= 0.3 is 0 Å². The molecule has 0 fully saturated rings. The summed E-state index contributed by atoms with van der Waals surface area (Å²) in [6.07, 6.45) is 8.18. The molecule has 0 aliphatic rings. The molecule has 112 heavy (non-hydrogen) atoms. The second-order valence-corrected chi connectivity index (χ2v) is 33.5. The van der Waals surface area contributed by atoms with Crippen LogP contribution in [0.25, 0.3) is 133 Å². The van der Waals surface area contributed by atoms with E-state index in [4.69, 9.17) is 37.7 Å². The van der Waals surface area contributed by atoms with Gasteiger partial charge in [0.05, 0.1) is 22.3 Å². The van der Waals surface area contributed by atoms with Crippen LogP contribution in [0, 0.1) is 39.0 Å². The van der Waals surface area contributed by atoms with Crippen molar-refractivity contribution in [1.29, 1.82) is 0 Å². The predicted molar refractivity (Wildman–Crippen MR) is 462 cm³/mol. The average molecular weight is 1510 g/mol. The normalized spacial score (nSPS) is 14.6. The van der Waals surface area contributed by atoms with Crippen LogP contribution in [0.5, 0.6) is 0 Å². The van der Waals surface area contributed by atoms with Gasteiger partial charge in [0, 0.05) is 135 Å². The van der Waals surface area contributed by atoms with Crippen LogP contribution in [0.3, 0.4) is 0 Å². The van der Waals surface area contributed by atoms with Crippen molar-refractivity contribution in [2.24, 2.45) is 39.5 Å². The van der Waals surface area contributed by atoms with Gasteiger partial charge in [0.1, 0.15) is 28.2 Å². The van der Waals surface area contributed by atoms with E-state index in [1.54, 1.807) is 12.1 Å². The molecule has 0 saturated heterocycles. The maximum absolute atomic E-state index is 8.28. The third-order valence-corrected chi connectivity index (χ3v) is 21.6. The minimum absolute atomic E-state index is 0.00997. The van der Waals surface area contributed by atoms with Gasteiger partial charge in [-0.25, -0.2) is 38.2 Å². The lowest BCUT2D eigenvalue weighted by Crippen LogP contribution is -2.31. The van der Waals surface area contributed by atoms with Crippen LogP contribution < -0.4 is 18.3 Å². The molecular formula is C100H116N8O4+4. The zero-order valence-corrected chi connectivity index (χ0v) is 69.6. The molecule has 12 heterocycles. The molecule has 0 N–H and O–H groups in total. The Labute approximate surface area is 678 Å². The fraction of sp³-hybridized carbons (Fsp3) is 0.360. The smallest absolute Gasteiger partial charge is 0.227 e. The standard InChI is InChI=1S/C26H31N2O.2C25H29N2O.C24H27N2O/c1-16(2)18-12-13-28(7)22(14-18)23-17(3)8-10-20-21-11-9-19(15-26(4,5)6)27-25(21)29-24(20)23;1-15(2)17-12-13-27(7)20(14-17)22-16(3)8-9-18-19-10-11-21(25(4,5)6)26-24(19)28-23(18)22;1-15(2)13-19-8-10-21-20-9-7-17(5)23(24(20)28-25(21)26-19)22-14-18(16(3)4)11-12-27(22)6;1-14(2)17-11-12-26(6)21(13-17)22-16(5)7-8-18-19-9-10-20(15(3)4)25-24(19)27-23(18)22/h8-14,16H,15H2,1-7H3;8-15H,1-7H3;7-12,14-16H,13H2,1-6H3;7-15H,1-6H3/q4*+1/i4D3,5D3;;1D3,15D;15D. The van der Waals surface area contributed by atoms with E-state index in [0.717, 1.165) is 122 Å². The number of nitrogens with zero attached hydrogens (tertiary/aromatic N) is 8. The predicted octanol–water partition coefficient (Wildman–Crippen LogP) is 24.8. The summed E-state index contributed by atoms with van der Waals surface area (Å²) in [5.41, 5.74) is 24.4. The zero-order valence-electron chi connectivity index (χ0n) is 80.6. The Morgan fingerprint density at radius 1 is 0.366 bits per heavy atom. The third kappa shape index (κ3) is 16.1. The molecular weight excluding hydrogens is 1380 g/mol. The van der Waals surface area contributed by atoms with Crippen molar-refractivity contribution in [1.82, 2.24) is 19.9 Å². The van der Waals surface area contributed by atoms with Crippen molar-refractivity contribution in [3.8, 4) is 45.0 Å². The van der Waals surface area contributed by atoms with Gasteiger partial charge in [-0.3, -0.25) is 0 Å². The topological polar surface area (TPSA) is 120 Å². The van der Waals surface area contributed by atoms with Gasteiger partial charge in [-0.1, -0.05) is 173 Å². The molecule has 0 saturated carbocycles. The maximum atomic E-state index is 8.28. The van der Waals surface area contributed by atoms with Gasteiger partial charge < -0.3 is 17.7 Å². The molecule has 1 unspecified atom stereocenters. The van der Waals surface area contributed by atoms with Gasteiger partial charge in [-0.15, -0.1) is 0 Å². The Morgan fingerprint density at radius 2 is 0.670 bits per heavy atom. The highest BCUT2D eigenvalue weighted by Crippen LogP contribution is 2.43. The second kappa shape index (κ2) is 31.4. The number of furan rings is 4. The van der Waals surface area contributed by atoms with Crippen molar-refractivity contribution in [2.45, 2.75) is 200 Å². The SMILES string of the molecule is Cc1ccc2c(oc3nc(C(C)(C)C)ccc32)c1-c1cc(C(C)C)cc[n+]1C.[2H]C(C)(C)c1ccc2c(n1)oc1c(-c3cc(C(C)C)cc[n+]3C)c(C)ccc12.[2H]C([2H])([2H])C(C)(Cc1ccc2c(n1)oc1c(-c3cc(C(C)C)cc[n+]3C)c(C)ccc12)C([2H])([2H])[2H].[2H]C([2H])([2H])C([2H])(C)Cc1ccc2c(n1)oc1c(-c3cc(C(C)C)cc[n+]3C)c(C)ccc12. The molecule has 12 heteroatoms. The minimum Gasteiger partial charge on any atom is -0.437 e. The van der Waals surface area contributed by atoms with Gasteiger partial charge in [0.25, 0.3) is 0 Å². The number of aryl methyl sites for hydroxylation is 8. The average Bonchev–Trinajstić information content (AvgIpc) is 1.66. The van der Waals surface area contributed by atoms with E-state index in [1.807, 2.05) is 77.5 Å². The van der Waals surface area contributed by atoms with E-state index < -0.39 is 37.8 Å². The number of pyridine rings is 8. The number of hydrogen-bond acceptors (Lipinski definition) is 8. The van der Waals surface area contributed by atoms with Crippen molar-refractivity contribution in [3.63, 3.8) is 0 Å². The quantitative estimate of drug-likeness (QED) is 0.111. The number of benzene rings is 4. The van der Waals surface area contributed by atoms with Crippen LogP contribution in [0.15, 0.2) is 188 Å². The molecule has 0 bridgehead atoms. The Kier molecular flexibility index (Phi) is 18.5. The maximum Gasteiger partial charge on any atom is 0.227 e. The van der Waals surface area contributed by atoms with E-state index in [9.17, 15) is 0 Å². The van der Waals surface area contributed by atoms with Crippen molar-refractivity contribution >= 4 is 88.3 Å². The van der Waals surface area contributed by atoms with Crippen LogP contribution in [0.2, 0.25) is 0 Å². The molecule has 4 aromatic carbocycles. The lowest BCUT2D eigenvalue weighted by molar-refractivity contribution is -0.660. The van der Waals surface area contributed by atoms with Crippen molar-refractivity contribution < 1.29 is 51.0 Å². The molecule has 12 aromatic heterocycles. The molecule has 16 rings (SSSR count). The summed E-state index contributed by atoms with van der Waals surface area (Å²) in [7, 11) is 8.19. The molecule has 0 aliphatic heterocycles. The molecule has 16 aromatic rings. The minimum atomic E-state index is -2.68. The van der Waals surface area contributed by atoms with Crippen LogP contribution in [-0.2, 0) is 46.4 Å². The summed E-state index contributed by atoms with van der Waals surface area (Å²) in [4.78, 5) is 18.7. The lowest BCUT2D eigenvalue weighted by Gasteiger charge is -2.16. The van der Waals surface area contributed by atoms with Crippen LogP contribution >= 0.6 is 0 Å². The first kappa shape index (κ1) is 65.9. The molecule has 1 atom stereocenters. The number of rotatable bonds is 12. The van der Waals surface area contributed by atoms with Gasteiger partial charge in [0.2, 0.25) is 45.6 Å². The van der Waals surface area contributed by atoms with Crippen LogP contribution in [0.4, 0.5) is 0 Å². The summed E-state index contributed by atoms with van der Waals surface area (Å²) in [6, 6.07) is 49.9. The van der Waals surface area contributed by atoms with Crippen LogP contribution in [0.1, 0.15) is 236 Å². The Balaban J connectivity index is 0.000000142. The largest absolute Gasteiger partial charge is 0.437 e. The zero-order chi connectivity index (χ0) is 89.8. The molecule has 12 nitrogen and oxygen atoms in total. The summed E-state index contributed by atoms with van der Waals surface area (Å²) in [5, 5.41) is 7.82. The molecule has 576 valence electrons. The summed E-state index contributed by atoms with van der Waals surface area (Å²) >= 11 is 0. The molecule has 0 amide bonds. The van der Waals surface area contributed by atoms with Gasteiger partial charge in [0.15, 0.2) is 47.1 Å². The van der Waals surface area contributed by atoms with Gasteiger partial charge in [-0.05, 0) is 174 Å². The Bertz CT molecular complexity index is 6540. The lowest BCUT2D eigenvalue weighted by atomic mass is 9.90. The first-order valence-electron chi connectivity index (χ1n) is 44.7. The van der Waals surface area contributed by atoms with E-state index in [0.29, 0.717) is 63.5 Å². The fourth-order valence-electron chi connectivity index (χ4n) is 14.9. The van der Waals surface area contributed by atoms with Crippen molar-refractivity contribution in [3.05, 3.63) is 238 Å². The number of fused-ring (bicyclic) bond motifs is 12. The second-order valence-electron chi connectivity index (χ2n) is 33.5. The Hall–Kier alpha value is -10.7. The first-order chi connectivity index (χ1) is 57.4. The Morgan fingerprint density at radius 3 is 0.991 bits per heavy atom.